The number of carbonyl (C=O) groups is 2. The van der Waals surface area contributed by atoms with Crippen LogP contribution in [0.5, 0.6) is 5.75 Å². The highest BCUT2D eigenvalue weighted by molar-refractivity contribution is 7.99. The summed E-state index contributed by atoms with van der Waals surface area (Å²) in [4.78, 5) is 26.2. The molecule has 0 aliphatic carbocycles. The van der Waals surface area contributed by atoms with Gasteiger partial charge < -0.3 is 4.74 Å². The van der Waals surface area contributed by atoms with E-state index in [-0.39, 0.29) is 16.2 Å². The zero-order valence-corrected chi connectivity index (χ0v) is 19.2. The van der Waals surface area contributed by atoms with E-state index in [1.807, 2.05) is 32.0 Å². The number of carbonyl (C=O) groups excluding carboxylic acids is 2. The molecule has 5 nitrogen and oxygen atoms in total. The van der Waals surface area contributed by atoms with Gasteiger partial charge in [0, 0.05) is 16.0 Å². The van der Waals surface area contributed by atoms with Gasteiger partial charge in [0.15, 0.2) is 0 Å². The van der Waals surface area contributed by atoms with E-state index in [1.165, 1.54) is 23.9 Å². The second-order valence-electron chi connectivity index (χ2n) is 7.31. The molecule has 0 saturated heterocycles. The topological polar surface area (TPSA) is 55.8 Å². The first-order valence-electron chi connectivity index (χ1n) is 9.85. The smallest absolute Gasteiger partial charge is 0.470 e. The van der Waals surface area contributed by atoms with Crippen molar-refractivity contribution in [3.8, 4) is 5.75 Å². The maximum absolute atomic E-state index is 12.7. The number of hydroxylamine groups is 2. The van der Waals surface area contributed by atoms with Crippen LogP contribution in [0.2, 0.25) is 0 Å². The second-order valence-corrected chi connectivity index (χ2v) is 9.23. The van der Waals surface area contributed by atoms with Crippen LogP contribution >= 0.6 is 23.8 Å². The Bertz CT molecular complexity index is 1220. The maximum Gasteiger partial charge on any atom is 0.470 e. The standard InChI is InChI=1S/C23H18F3NO4S2/c1-13-6-8-18(14(2)12-13)30-10-11-32-19-9-7-17-20-15(19)4-3-5-16(20)21(28)27(22(17)29)31-33-23(24,25)26/h3-9,12H,10-11H2,1-2H3. The largest absolute Gasteiger partial charge is 0.492 e. The van der Waals surface area contributed by atoms with Crippen LogP contribution in [0.1, 0.15) is 31.8 Å². The van der Waals surface area contributed by atoms with Crippen molar-refractivity contribution in [1.29, 1.82) is 0 Å². The third-order valence-electron chi connectivity index (χ3n) is 4.97. The van der Waals surface area contributed by atoms with E-state index in [1.54, 1.807) is 18.2 Å². The lowest BCUT2D eigenvalue weighted by molar-refractivity contribution is -0.0570. The predicted molar refractivity (Wildman–Crippen MR) is 121 cm³/mol. The molecule has 0 N–H and O–H groups in total. The number of halogens is 3. The fraction of sp³-hybridized carbons (Fsp3) is 0.217. The summed E-state index contributed by atoms with van der Waals surface area (Å²) in [7, 11) is 0. The first kappa shape index (κ1) is 23.5. The highest BCUT2D eigenvalue weighted by atomic mass is 32.2. The first-order valence-corrected chi connectivity index (χ1v) is 11.6. The Hall–Kier alpha value is -2.69. The van der Waals surface area contributed by atoms with Gasteiger partial charge in [-0.2, -0.15) is 17.5 Å². The molecule has 0 radical (unpaired) electrons. The van der Waals surface area contributed by atoms with E-state index in [9.17, 15) is 22.8 Å². The minimum absolute atomic E-state index is 0.110. The molecule has 0 fully saturated rings. The fourth-order valence-corrected chi connectivity index (χ4v) is 4.76. The zero-order valence-electron chi connectivity index (χ0n) is 17.6. The Morgan fingerprint density at radius 3 is 2.39 bits per heavy atom. The van der Waals surface area contributed by atoms with Gasteiger partial charge in [0.05, 0.1) is 17.7 Å². The van der Waals surface area contributed by atoms with E-state index in [0.717, 1.165) is 21.8 Å². The maximum atomic E-state index is 12.7. The highest BCUT2D eigenvalue weighted by Crippen LogP contribution is 2.38. The third-order valence-corrected chi connectivity index (χ3v) is 6.42. The van der Waals surface area contributed by atoms with Crippen LogP contribution < -0.4 is 4.74 Å². The predicted octanol–water partition coefficient (Wildman–Crippen LogP) is 6.32. The number of alkyl halides is 3. The van der Waals surface area contributed by atoms with E-state index >= 15 is 0 Å². The molecule has 0 atom stereocenters. The molecule has 3 aromatic carbocycles. The van der Waals surface area contributed by atoms with E-state index < -0.39 is 29.4 Å². The van der Waals surface area contributed by atoms with Crippen molar-refractivity contribution in [3.05, 3.63) is 70.8 Å². The molecule has 10 heteroatoms. The zero-order chi connectivity index (χ0) is 23.8. The number of aryl methyl sites for hydroxylation is 2. The van der Waals surface area contributed by atoms with Gasteiger partial charge in [-0.3, -0.25) is 9.59 Å². The minimum Gasteiger partial charge on any atom is -0.492 e. The van der Waals surface area contributed by atoms with Crippen LogP contribution in [-0.4, -0.2) is 34.7 Å². The summed E-state index contributed by atoms with van der Waals surface area (Å²) in [5, 5.41) is 1.23. The molecular formula is C23H18F3NO4S2. The molecule has 33 heavy (non-hydrogen) atoms. The summed E-state index contributed by atoms with van der Waals surface area (Å²) in [6.45, 7) is 4.45. The lowest BCUT2D eigenvalue weighted by Gasteiger charge is -2.26. The van der Waals surface area contributed by atoms with Gasteiger partial charge in [-0.1, -0.05) is 29.8 Å². The van der Waals surface area contributed by atoms with Crippen LogP contribution in [0, 0.1) is 13.8 Å². The van der Waals surface area contributed by atoms with Crippen molar-refractivity contribution in [2.75, 3.05) is 12.4 Å². The normalized spacial score (nSPS) is 13.7. The molecule has 0 spiro atoms. The Morgan fingerprint density at radius 1 is 0.970 bits per heavy atom. The molecule has 0 unspecified atom stereocenters. The first-order chi connectivity index (χ1) is 15.7. The van der Waals surface area contributed by atoms with Crippen LogP contribution in [-0.2, 0) is 4.28 Å². The molecular weight excluding hydrogens is 475 g/mol. The number of amides is 2. The molecule has 0 aromatic heterocycles. The Labute approximate surface area is 196 Å². The molecule has 0 bridgehead atoms. The Balaban J connectivity index is 1.53. The van der Waals surface area contributed by atoms with Gasteiger partial charge in [-0.15, -0.1) is 16.8 Å². The van der Waals surface area contributed by atoms with Crippen LogP contribution in [0.15, 0.2) is 53.4 Å². The highest BCUT2D eigenvalue weighted by Gasteiger charge is 2.39. The molecule has 2 amide bonds. The number of imide groups is 1. The average Bonchev–Trinajstić information content (AvgIpc) is 2.75. The molecule has 172 valence electrons. The number of hydrogen-bond acceptors (Lipinski definition) is 6. The van der Waals surface area contributed by atoms with Gasteiger partial charge in [0.2, 0.25) is 0 Å². The third kappa shape index (κ3) is 4.97. The van der Waals surface area contributed by atoms with Crippen molar-refractivity contribution in [2.45, 2.75) is 24.3 Å². The molecule has 3 aromatic rings. The minimum atomic E-state index is -4.76. The summed E-state index contributed by atoms with van der Waals surface area (Å²) < 4.78 is 47.8. The van der Waals surface area contributed by atoms with Crippen LogP contribution in [0.25, 0.3) is 10.8 Å². The molecule has 1 heterocycles. The molecule has 1 aliphatic rings. The van der Waals surface area contributed by atoms with E-state index in [2.05, 4.69) is 4.28 Å². The molecule has 1 aliphatic heterocycles. The van der Waals surface area contributed by atoms with Gasteiger partial charge in [-0.25, -0.2) is 0 Å². The van der Waals surface area contributed by atoms with Gasteiger partial charge >= 0.3 is 5.51 Å². The van der Waals surface area contributed by atoms with E-state index in [4.69, 9.17) is 4.74 Å². The lowest BCUT2D eigenvalue weighted by atomic mass is 9.95. The van der Waals surface area contributed by atoms with Crippen molar-refractivity contribution >= 4 is 46.4 Å². The summed E-state index contributed by atoms with van der Waals surface area (Å²) in [6, 6.07) is 14.0. The van der Waals surface area contributed by atoms with Crippen molar-refractivity contribution in [3.63, 3.8) is 0 Å². The number of benzene rings is 3. The number of hydrogen-bond donors (Lipinski definition) is 0. The Kier molecular flexibility index (Phi) is 6.60. The van der Waals surface area contributed by atoms with Crippen molar-refractivity contribution < 1.29 is 31.8 Å². The second kappa shape index (κ2) is 9.28. The van der Waals surface area contributed by atoms with Crippen LogP contribution in [0.4, 0.5) is 13.2 Å². The van der Waals surface area contributed by atoms with Crippen molar-refractivity contribution in [1.82, 2.24) is 5.06 Å². The summed E-state index contributed by atoms with van der Waals surface area (Å²) in [6.07, 6.45) is 0. The number of rotatable bonds is 7. The number of ether oxygens (including phenoxy) is 1. The summed E-state index contributed by atoms with van der Waals surface area (Å²) in [5.74, 6) is -0.442. The van der Waals surface area contributed by atoms with Crippen molar-refractivity contribution in [2.24, 2.45) is 0 Å². The lowest BCUT2D eigenvalue weighted by Crippen LogP contribution is -2.39. The quantitative estimate of drug-likeness (QED) is 0.166. The number of nitrogens with zero attached hydrogens (tertiary/aromatic N) is 1. The van der Waals surface area contributed by atoms with Gasteiger partial charge in [0.25, 0.3) is 11.8 Å². The average molecular weight is 494 g/mol. The van der Waals surface area contributed by atoms with Gasteiger partial charge in [0.1, 0.15) is 17.8 Å². The SMILES string of the molecule is Cc1ccc(OCCSc2ccc3c4c(cccc24)C(=O)N(OSC(F)(F)F)C3=O)c(C)c1. The number of thioether (sulfide) groups is 1. The van der Waals surface area contributed by atoms with Crippen LogP contribution in [0.3, 0.4) is 0 Å². The molecule has 4 rings (SSSR count). The fourth-order valence-electron chi connectivity index (χ4n) is 3.59. The monoisotopic (exact) mass is 493 g/mol. The Morgan fingerprint density at radius 2 is 1.70 bits per heavy atom. The molecule has 0 saturated carbocycles. The summed E-state index contributed by atoms with van der Waals surface area (Å²) in [5.41, 5.74) is -2.33. The van der Waals surface area contributed by atoms with E-state index in [0.29, 0.717) is 23.1 Å². The van der Waals surface area contributed by atoms with Gasteiger partial charge in [-0.05, 0) is 49.1 Å². The summed E-state index contributed by atoms with van der Waals surface area (Å²) >= 11 is 0.596.